The van der Waals surface area contributed by atoms with Gasteiger partial charge in [-0.05, 0) is 18.2 Å². The van der Waals surface area contributed by atoms with Crippen molar-refractivity contribution in [2.45, 2.75) is 0 Å². The third-order valence-corrected chi connectivity index (χ3v) is 2.10. The molecule has 0 atom stereocenters. The molecule has 0 unspecified atom stereocenters. The normalized spacial score (nSPS) is 11.8. The third kappa shape index (κ3) is 2.34. The summed E-state index contributed by atoms with van der Waals surface area (Å²) >= 11 is 11.5. The van der Waals surface area contributed by atoms with E-state index in [9.17, 15) is 0 Å². The number of halogens is 2. The molecule has 5 heteroatoms. The van der Waals surface area contributed by atoms with Crippen LogP contribution in [0.15, 0.2) is 23.4 Å². The first kappa shape index (κ1) is 10.3. The number of hydrogen-bond donors (Lipinski definition) is 2. The van der Waals surface area contributed by atoms with Crippen LogP contribution in [-0.2, 0) is 0 Å². The molecule has 0 aromatic heterocycles. The van der Waals surface area contributed by atoms with Gasteiger partial charge in [-0.1, -0.05) is 28.4 Å². The number of benzene rings is 1. The highest BCUT2D eigenvalue weighted by atomic mass is 35.5. The van der Waals surface area contributed by atoms with E-state index in [1.807, 2.05) is 0 Å². The SMILES string of the molecule is NC/C(=N\O)c1ccc(Cl)cc1Cl. The lowest BCUT2D eigenvalue weighted by Crippen LogP contribution is -2.15. The summed E-state index contributed by atoms with van der Waals surface area (Å²) in [6, 6.07) is 4.88. The van der Waals surface area contributed by atoms with Crippen molar-refractivity contribution >= 4 is 28.9 Å². The van der Waals surface area contributed by atoms with Gasteiger partial charge in [-0.3, -0.25) is 0 Å². The molecule has 0 aliphatic rings. The van der Waals surface area contributed by atoms with E-state index in [-0.39, 0.29) is 6.54 Å². The number of nitrogens with two attached hydrogens (primary N) is 1. The fraction of sp³-hybridized carbons (Fsp3) is 0.125. The van der Waals surface area contributed by atoms with Crippen LogP contribution >= 0.6 is 23.2 Å². The summed E-state index contributed by atoms with van der Waals surface area (Å²) in [5.41, 5.74) is 6.27. The van der Waals surface area contributed by atoms with Gasteiger partial charge in [0.25, 0.3) is 0 Å². The largest absolute Gasteiger partial charge is 0.411 e. The van der Waals surface area contributed by atoms with Gasteiger partial charge in [0.05, 0.1) is 5.02 Å². The third-order valence-electron chi connectivity index (χ3n) is 1.56. The average Bonchev–Trinajstić information content (AvgIpc) is 2.10. The predicted octanol–water partition coefficient (Wildman–Crippen LogP) is 2.13. The van der Waals surface area contributed by atoms with Gasteiger partial charge in [0.2, 0.25) is 0 Å². The molecule has 0 radical (unpaired) electrons. The van der Waals surface area contributed by atoms with Crippen LogP contribution in [0.4, 0.5) is 0 Å². The van der Waals surface area contributed by atoms with Gasteiger partial charge >= 0.3 is 0 Å². The molecule has 0 spiro atoms. The van der Waals surface area contributed by atoms with Crippen molar-refractivity contribution in [1.29, 1.82) is 0 Å². The molecule has 3 nitrogen and oxygen atoms in total. The number of oxime groups is 1. The quantitative estimate of drug-likeness (QED) is 0.454. The molecule has 0 aliphatic heterocycles. The molecule has 70 valence electrons. The molecule has 0 aliphatic carbocycles. The van der Waals surface area contributed by atoms with Crippen molar-refractivity contribution in [2.75, 3.05) is 6.54 Å². The summed E-state index contributed by atoms with van der Waals surface area (Å²) in [5.74, 6) is 0. The first-order chi connectivity index (χ1) is 6.19. The van der Waals surface area contributed by atoms with Crippen molar-refractivity contribution in [3.05, 3.63) is 33.8 Å². The Hall–Kier alpha value is -0.770. The Labute approximate surface area is 85.8 Å². The van der Waals surface area contributed by atoms with Gasteiger partial charge in [0.15, 0.2) is 0 Å². The van der Waals surface area contributed by atoms with Crippen LogP contribution in [0.25, 0.3) is 0 Å². The van der Waals surface area contributed by atoms with E-state index in [0.29, 0.717) is 21.3 Å². The van der Waals surface area contributed by atoms with E-state index in [4.69, 9.17) is 34.1 Å². The monoisotopic (exact) mass is 218 g/mol. The summed E-state index contributed by atoms with van der Waals surface area (Å²) in [6.07, 6.45) is 0. The smallest absolute Gasteiger partial charge is 0.102 e. The van der Waals surface area contributed by atoms with Gasteiger partial charge in [0, 0.05) is 17.1 Å². The molecule has 1 rings (SSSR count). The van der Waals surface area contributed by atoms with E-state index >= 15 is 0 Å². The summed E-state index contributed by atoms with van der Waals surface area (Å²) in [6.45, 7) is 0.123. The summed E-state index contributed by atoms with van der Waals surface area (Å²) in [4.78, 5) is 0. The minimum absolute atomic E-state index is 0.123. The van der Waals surface area contributed by atoms with Crippen LogP contribution in [0, 0.1) is 0 Å². The Morgan fingerprint density at radius 1 is 1.46 bits per heavy atom. The molecule has 3 N–H and O–H groups in total. The predicted molar refractivity (Wildman–Crippen MR) is 53.8 cm³/mol. The van der Waals surface area contributed by atoms with Crippen LogP contribution in [0.3, 0.4) is 0 Å². The van der Waals surface area contributed by atoms with Gasteiger partial charge in [-0.2, -0.15) is 0 Å². The van der Waals surface area contributed by atoms with Gasteiger partial charge in [0.1, 0.15) is 5.71 Å². The lowest BCUT2D eigenvalue weighted by atomic mass is 10.1. The van der Waals surface area contributed by atoms with Gasteiger partial charge in [-0.25, -0.2) is 0 Å². The second-order valence-corrected chi connectivity index (χ2v) is 3.22. The Kier molecular flexibility index (Phi) is 3.54. The van der Waals surface area contributed by atoms with Gasteiger partial charge in [-0.15, -0.1) is 0 Å². The standard InChI is InChI=1S/C8H8Cl2N2O/c9-5-1-2-6(7(10)3-5)8(4-11)12-13/h1-3,13H,4,11H2/b12-8+. The Morgan fingerprint density at radius 2 is 2.15 bits per heavy atom. The van der Waals surface area contributed by atoms with Crippen LogP contribution < -0.4 is 5.73 Å². The molecule has 0 amide bonds. The molecule has 0 fully saturated rings. The Balaban J connectivity index is 3.15. The molecule has 13 heavy (non-hydrogen) atoms. The molecule has 0 heterocycles. The van der Waals surface area contributed by atoms with E-state index < -0.39 is 0 Å². The molecule has 1 aromatic carbocycles. The second kappa shape index (κ2) is 4.46. The number of nitrogens with zero attached hydrogens (tertiary/aromatic N) is 1. The molecule has 0 bridgehead atoms. The maximum atomic E-state index is 8.59. The highest BCUT2D eigenvalue weighted by molar-refractivity contribution is 6.37. The zero-order valence-corrected chi connectivity index (χ0v) is 8.18. The maximum Gasteiger partial charge on any atom is 0.102 e. The van der Waals surface area contributed by atoms with Crippen molar-refractivity contribution in [3.63, 3.8) is 0 Å². The first-order valence-corrected chi connectivity index (χ1v) is 4.31. The minimum Gasteiger partial charge on any atom is -0.411 e. The summed E-state index contributed by atoms with van der Waals surface area (Å²) < 4.78 is 0. The Bertz CT molecular complexity index is 339. The average molecular weight is 219 g/mol. The Morgan fingerprint density at radius 3 is 2.62 bits per heavy atom. The van der Waals surface area contributed by atoms with Gasteiger partial charge < -0.3 is 10.9 Å². The second-order valence-electron chi connectivity index (χ2n) is 2.37. The first-order valence-electron chi connectivity index (χ1n) is 3.55. The lowest BCUT2D eigenvalue weighted by Gasteiger charge is -2.03. The topological polar surface area (TPSA) is 58.6 Å². The summed E-state index contributed by atoms with van der Waals surface area (Å²) in [7, 11) is 0. The fourth-order valence-electron chi connectivity index (χ4n) is 0.928. The van der Waals surface area contributed by atoms with E-state index in [1.165, 1.54) is 0 Å². The van der Waals surface area contributed by atoms with Crippen molar-refractivity contribution in [3.8, 4) is 0 Å². The number of rotatable bonds is 2. The van der Waals surface area contributed by atoms with Crippen molar-refractivity contribution in [2.24, 2.45) is 10.9 Å². The summed E-state index contributed by atoms with van der Waals surface area (Å²) in [5, 5.41) is 12.6. The number of hydrogen-bond acceptors (Lipinski definition) is 3. The minimum atomic E-state index is 0.123. The highest BCUT2D eigenvalue weighted by Gasteiger charge is 2.07. The lowest BCUT2D eigenvalue weighted by molar-refractivity contribution is 0.318. The molecule has 0 saturated carbocycles. The molecular weight excluding hydrogens is 211 g/mol. The van der Waals surface area contributed by atoms with Crippen LogP contribution in [0.2, 0.25) is 10.0 Å². The van der Waals surface area contributed by atoms with E-state index in [0.717, 1.165) is 0 Å². The van der Waals surface area contributed by atoms with Crippen LogP contribution in [0.5, 0.6) is 0 Å². The maximum absolute atomic E-state index is 8.59. The molecular formula is C8H8Cl2N2O. The highest BCUT2D eigenvalue weighted by Crippen LogP contribution is 2.21. The van der Waals surface area contributed by atoms with Crippen LogP contribution in [0.1, 0.15) is 5.56 Å². The van der Waals surface area contributed by atoms with Crippen molar-refractivity contribution in [1.82, 2.24) is 0 Å². The zero-order chi connectivity index (χ0) is 9.84. The fourth-order valence-corrected chi connectivity index (χ4v) is 1.45. The zero-order valence-electron chi connectivity index (χ0n) is 6.67. The van der Waals surface area contributed by atoms with Crippen molar-refractivity contribution < 1.29 is 5.21 Å². The van der Waals surface area contributed by atoms with E-state index in [1.54, 1.807) is 18.2 Å². The van der Waals surface area contributed by atoms with Crippen LogP contribution in [-0.4, -0.2) is 17.5 Å². The molecule has 1 aromatic rings. The van der Waals surface area contributed by atoms with E-state index in [2.05, 4.69) is 5.16 Å². The molecule has 0 saturated heterocycles.